The molecule has 0 bridgehead atoms. The van der Waals surface area contributed by atoms with Crippen LogP contribution in [0.15, 0.2) is 36.7 Å². The molecule has 5 heteroatoms. The minimum atomic E-state index is 0.410. The van der Waals surface area contributed by atoms with Crippen LogP contribution in [0.25, 0.3) is 0 Å². The smallest absolute Gasteiger partial charge is 0.141 e. The van der Waals surface area contributed by atoms with Crippen LogP contribution >= 0.6 is 0 Å². The van der Waals surface area contributed by atoms with Gasteiger partial charge < -0.3 is 10.6 Å². The first-order valence-electron chi connectivity index (χ1n) is 5.47. The summed E-state index contributed by atoms with van der Waals surface area (Å²) in [6.45, 7) is 0.613. The summed E-state index contributed by atoms with van der Waals surface area (Å²) in [5.41, 5.74) is 7.92. The Hall–Kier alpha value is -2.61. The lowest BCUT2D eigenvalue weighted by molar-refractivity contribution is 0.874. The van der Waals surface area contributed by atoms with Crippen molar-refractivity contribution >= 4 is 11.5 Å². The molecule has 0 aliphatic rings. The molecule has 0 amide bonds. The standard InChI is InChI=1S/C13H13N5/c1-18(9-11-7-17-13(15)8-16-11)12-4-2-3-10(5-12)6-14/h2-5,7-8H,9H2,1H3,(H2,15,17). The maximum atomic E-state index is 8.86. The molecule has 1 heterocycles. The quantitative estimate of drug-likeness (QED) is 0.879. The van der Waals surface area contributed by atoms with Crippen molar-refractivity contribution in [2.45, 2.75) is 6.54 Å². The fourth-order valence-corrected chi connectivity index (χ4v) is 1.59. The van der Waals surface area contributed by atoms with Crippen molar-refractivity contribution in [1.82, 2.24) is 9.97 Å². The molecule has 0 saturated carbocycles. The van der Waals surface area contributed by atoms with Crippen LogP contribution in [0.2, 0.25) is 0 Å². The van der Waals surface area contributed by atoms with E-state index < -0.39 is 0 Å². The number of hydrogen-bond acceptors (Lipinski definition) is 5. The van der Waals surface area contributed by atoms with Gasteiger partial charge >= 0.3 is 0 Å². The number of anilines is 2. The fourth-order valence-electron chi connectivity index (χ4n) is 1.59. The molecule has 90 valence electrons. The number of rotatable bonds is 3. The van der Waals surface area contributed by atoms with Gasteiger partial charge in [-0.2, -0.15) is 5.26 Å². The van der Waals surface area contributed by atoms with E-state index in [-0.39, 0.29) is 0 Å². The molecular formula is C13H13N5. The molecule has 1 aromatic carbocycles. The molecule has 0 atom stereocenters. The maximum Gasteiger partial charge on any atom is 0.141 e. The molecule has 0 saturated heterocycles. The van der Waals surface area contributed by atoms with E-state index in [1.165, 1.54) is 6.20 Å². The molecular weight excluding hydrogens is 226 g/mol. The Morgan fingerprint density at radius 2 is 2.17 bits per heavy atom. The number of nitriles is 1. The van der Waals surface area contributed by atoms with Gasteiger partial charge in [0.15, 0.2) is 0 Å². The second-order valence-corrected chi connectivity index (χ2v) is 3.95. The van der Waals surface area contributed by atoms with Gasteiger partial charge in [-0.05, 0) is 18.2 Å². The third kappa shape index (κ3) is 2.74. The first-order valence-corrected chi connectivity index (χ1v) is 5.47. The molecule has 2 aromatic rings. The minimum Gasteiger partial charge on any atom is -0.382 e. The van der Waals surface area contributed by atoms with Gasteiger partial charge in [0.2, 0.25) is 0 Å². The molecule has 1 aromatic heterocycles. The summed E-state index contributed by atoms with van der Waals surface area (Å²) in [6, 6.07) is 9.55. The molecule has 0 aliphatic heterocycles. The summed E-state index contributed by atoms with van der Waals surface area (Å²) in [5, 5.41) is 8.86. The van der Waals surface area contributed by atoms with E-state index in [1.54, 1.807) is 12.3 Å². The maximum absolute atomic E-state index is 8.86. The van der Waals surface area contributed by atoms with Gasteiger partial charge in [-0.25, -0.2) is 4.98 Å². The molecule has 0 spiro atoms. The number of hydrogen-bond donors (Lipinski definition) is 1. The van der Waals surface area contributed by atoms with Crippen LogP contribution in [0.5, 0.6) is 0 Å². The van der Waals surface area contributed by atoms with Crippen LogP contribution in [-0.4, -0.2) is 17.0 Å². The molecule has 0 unspecified atom stereocenters. The topological polar surface area (TPSA) is 78.8 Å². The monoisotopic (exact) mass is 239 g/mol. The molecule has 2 rings (SSSR count). The molecule has 0 fully saturated rings. The van der Waals surface area contributed by atoms with Gasteiger partial charge in [0.25, 0.3) is 0 Å². The highest BCUT2D eigenvalue weighted by Gasteiger charge is 2.04. The van der Waals surface area contributed by atoms with Crippen LogP contribution in [0.4, 0.5) is 11.5 Å². The Labute approximate surface area is 106 Å². The summed E-state index contributed by atoms with van der Waals surface area (Å²) in [7, 11) is 1.94. The van der Waals surface area contributed by atoms with Crippen molar-refractivity contribution in [3.63, 3.8) is 0 Å². The van der Waals surface area contributed by atoms with Crippen molar-refractivity contribution in [1.29, 1.82) is 5.26 Å². The number of aromatic nitrogens is 2. The highest BCUT2D eigenvalue weighted by Crippen LogP contribution is 2.16. The predicted molar refractivity (Wildman–Crippen MR) is 69.7 cm³/mol. The average molecular weight is 239 g/mol. The first-order chi connectivity index (χ1) is 8.69. The Morgan fingerprint density at radius 3 is 2.83 bits per heavy atom. The minimum absolute atomic E-state index is 0.410. The van der Waals surface area contributed by atoms with Crippen molar-refractivity contribution in [3.8, 4) is 6.07 Å². The van der Waals surface area contributed by atoms with Gasteiger partial charge in [-0.3, -0.25) is 4.98 Å². The van der Waals surface area contributed by atoms with Crippen molar-refractivity contribution in [2.24, 2.45) is 0 Å². The number of nitrogens with two attached hydrogens (primary N) is 1. The molecule has 5 nitrogen and oxygen atoms in total. The highest BCUT2D eigenvalue weighted by atomic mass is 15.1. The van der Waals surface area contributed by atoms with Crippen LogP contribution in [0.3, 0.4) is 0 Å². The van der Waals surface area contributed by atoms with E-state index in [2.05, 4.69) is 16.0 Å². The van der Waals surface area contributed by atoms with E-state index in [0.29, 0.717) is 17.9 Å². The number of nitrogen functional groups attached to an aromatic ring is 1. The Balaban J connectivity index is 2.14. The summed E-state index contributed by atoms with van der Waals surface area (Å²) in [6.07, 6.45) is 3.19. The highest BCUT2D eigenvalue weighted by molar-refractivity contribution is 5.51. The van der Waals surface area contributed by atoms with Crippen LogP contribution < -0.4 is 10.6 Å². The lowest BCUT2D eigenvalue weighted by Gasteiger charge is -2.18. The second-order valence-electron chi connectivity index (χ2n) is 3.95. The predicted octanol–water partition coefficient (Wildman–Crippen LogP) is 1.57. The zero-order chi connectivity index (χ0) is 13.0. The normalized spacial score (nSPS) is 9.78. The largest absolute Gasteiger partial charge is 0.382 e. The number of benzene rings is 1. The summed E-state index contributed by atoms with van der Waals surface area (Å²) < 4.78 is 0. The van der Waals surface area contributed by atoms with Gasteiger partial charge in [-0.1, -0.05) is 6.07 Å². The Morgan fingerprint density at radius 1 is 1.33 bits per heavy atom. The van der Waals surface area contributed by atoms with E-state index >= 15 is 0 Å². The molecule has 0 radical (unpaired) electrons. The van der Waals surface area contributed by atoms with E-state index in [0.717, 1.165) is 11.4 Å². The van der Waals surface area contributed by atoms with E-state index in [9.17, 15) is 0 Å². The zero-order valence-corrected chi connectivity index (χ0v) is 10.0. The summed E-state index contributed by atoms with van der Waals surface area (Å²) >= 11 is 0. The fraction of sp³-hybridized carbons (Fsp3) is 0.154. The average Bonchev–Trinajstić information content (AvgIpc) is 2.41. The molecule has 18 heavy (non-hydrogen) atoms. The van der Waals surface area contributed by atoms with Crippen LogP contribution in [0, 0.1) is 11.3 Å². The van der Waals surface area contributed by atoms with Gasteiger partial charge in [0, 0.05) is 12.7 Å². The Kier molecular flexibility index (Phi) is 3.39. The molecule has 2 N–H and O–H groups in total. The molecule has 0 aliphatic carbocycles. The third-order valence-corrected chi connectivity index (χ3v) is 2.54. The lowest BCUT2D eigenvalue weighted by atomic mass is 10.2. The van der Waals surface area contributed by atoms with Gasteiger partial charge in [0.05, 0.1) is 36.3 Å². The van der Waals surface area contributed by atoms with Crippen LogP contribution in [-0.2, 0) is 6.54 Å². The van der Waals surface area contributed by atoms with E-state index in [1.807, 2.05) is 30.1 Å². The van der Waals surface area contributed by atoms with Gasteiger partial charge in [-0.15, -0.1) is 0 Å². The third-order valence-electron chi connectivity index (χ3n) is 2.54. The van der Waals surface area contributed by atoms with E-state index in [4.69, 9.17) is 11.0 Å². The van der Waals surface area contributed by atoms with Crippen molar-refractivity contribution in [3.05, 3.63) is 47.9 Å². The Bertz CT molecular complexity index is 571. The zero-order valence-electron chi connectivity index (χ0n) is 10.0. The van der Waals surface area contributed by atoms with Crippen molar-refractivity contribution < 1.29 is 0 Å². The van der Waals surface area contributed by atoms with Crippen molar-refractivity contribution in [2.75, 3.05) is 17.7 Å². The van der Waals surface area contributed by atoms with Gasteiger partial charge in [0.1, 0.15) is 5.82 Å². The lowest BCUT2D eigenvalue weighted by Crippen LogP contribution is -2.17. The summed E-state index contributed by atoms with van der Waals surface area (Å²) in [4.78, 5) is 10.2. The SMILES string of the molecule is CN(Cc1cnc(N)cn1)c1cccc(C#N)c1. The van der Waals surface area contributed by atoms with Crippen LogP contribution in [0.1, 0.15) is 11.3 Å². The first kappa shape index (κ1) is 11.9. The summed E-state index contributed by atoms with van der Waals surface area (Å²) in [5.74, 6) is 0.410. The second kappa shape index (κ2) is 5.15. The number of nitrogens with zero attached hydrogens (tertiary/aromatic N) is 4.